The van der Waals surface area contributed by atoms with E-state index in [2.05, 4.69) is 36.3 Å². The number of hydroxylamine groups is 1. The lowest BCUT2D eigenvalue weighted by Gasteiger charge is -2.24. The van der Waals surface area contributed by atoms with Crippen LogP contribution in [0.5, 0.6) is 5.75 Å². The molecule has 0 radical (unpaired) electrons. The maximum absolute atomic E-state index is 12.8. The number of nitrogens with zero attached hydrogens (tertiary/aromatic N) is 6. The molecule has 2 aromatic heterocycles. The summed E-state index contributed by atoms with van der Waals surface area (Å²) < 4.78 is 1.87. The first-order valence-electron chi connectivity index (χ1n) is 11.7. The van der Waals surface area contributed by atoms with Crippen LogP contribution in [0.15, 0.2) is 67.1 Å². The maximum Gasteiger partial charge on any atom is 0.251 e. The highest BCUT2D eigenvalue weighted by molar-refractivity contribution is 5.95. The molecule has 0 atom stereocenters. The van der Waals surface area contributed by atoms with Crippen LogP contribution in [0.4, 0.5) is 5.69 Å². The molecule has 0 aliphatic heterocycles. The van der Waals surface area contributed by atoms with Crippen LogP contribution in [0.3, 0.4) is 0 Å². The Hall–Kier alpha value is -4.39. The van der Waals surface area contributed by atoms with Crippen LogP contribution in [0.25, 0.3) is 11.5 Å². The van der Waals surface area contributed by atoms with Crippen molar-refractivity contribution in [2.24, 2.45) is 12.9 Å². The Balaban J connectivity index is 1.34. The summed E-state index contributed by atoms with van der Waals surface area (Å²) >= 11 is 0. The Morgan fingerprint density at radius 3 is 2.70 bits per heavy atom. The van der Waals surface area contributed by atoms with Gasteiger partial charge in [0.05, 0.1) is 12.6 Å². The van der Waals surface area contributed by atoms with Gasteiger partial charge < -0.3 is 20.0 Å². The van der Waals surface area contributed by atoms with E-state index in [9.17, 15) is 4.79 Å². The zero-order chi connectivity index (χ0) is 26.2. The second-order valence-corrected chi connectivity index (χ2v) is 8.50. The molecule has 4 aromatic rings. The Bertz CT molecular complexity index is 1330. The van der Waals surface area contributed by atoms with E-state index < -0.39 is 0 Å². The van der Waals surface area contributed by atoms with Gasteiger partial charge in [0.2, 0.25) is 0 Å². The second-order valence-electron chi connectivity index (χ2n) is 8.50. The van der Waals surface area contributed by atoms with E-state index in [1.54, 1.807) is 24.4 Å². The molecule has 0 aliphatic rings. The molecular formula is C25H30N10O2. The molecule has 5 N–H and O–H groups in total. The number of hydrazine groups is 2. The lowest BCUT2D eigenvalue weighted by molar-refractivity contribution is -0.131. The van der Waals surface area contributed by atoms with Gasteiger partial charge in [-0.25, -0.2) is 9.97 Å². The van der Waals surface area contributed by atoms with Gasteiger partial charge in [0.15, 0.2) is 11.6 Å². The van der Waals surface area contributed by atoms with Gasteiger partial charge >= 0.3 is 0 Å². The molecule has 0 saturated heterocycles. The smallest absolute Gasteiger partial charge is 0.251 e. The van der Waals surface area contributed by atoms with E-state index in [0.717, 1.165) is 17.1 Å². The first-order valence-corrected chi connectivity index (χ1v) is 11.7. The number of hydrogen-bond donors (Lipinski definition) is 4. The molecule has 4 rings (SSSR count). The predicted octanol–water partition coefficient (Wildman–Crippen LogP) is 2.20. The minimum absolute atomic E-state index is 0.0309. The monoisotopic (exact) mass is 502 g/mol. The SMILES string of the molecule is CC(C)N(NN)Oc1cccc(CNC(=O)c2cccc(NCc3nnc(-c4ccncn4)n3C)c2)c1. The molecule has 0 unspecified atom stereocenters. The molecule has 37 heavy (non-hydrogen) atoms. The number of nitrogens with two attached hydrogens (primary N) is 1. The van der Waals surface area contributed by atoms with Gasteiger partial charge in [-0.15, -0.1) is 10.2 Å². The molecule has 192 valence electrons. The number of hydrogen-bond acceptors (Lipinski definition) is 10. The molecule has 0 aliphatic carbocycles. The fraction of sp³-hybridized carbons (Fsp3) is 0.240. The topological polar surface area (TPSA) is 148 Å². The van der Waals surface area contributed by atoms with Crippen LogP contribution in [-0.4, -0.2) is 41.9 Å². The van der Waals surface area contributed by atoms with E-state index in [1.807, 2.05) is 61.9 Å². The third-order valence-corrected chi connectivity index (χ3v) is 5.50. The minimum Gasteiger partial charge on any atom is -0.390 e. The fourth-order valence-electron chi connectivity index (χ4n) is 3.50. The lowest BCUT2D eigenvalue weighted by atomic mass is 10.1. The lowest BCUT2D eigenvalue weighted by Crippen LogP contribution is -2.49. The van der Waals surface area contributed by atoms with Gasteiger partial charge in [0.1, 0.15) is 17.8 Å². The zero-order valence-corrected chi connectivity index (χ0v) is 20.9. The van der Waals surface area contributed by atoms with Crippen LogP contribution >= 0.6 is 0 Å². The van der Waals surface area contributed by atoms with Crippen molar-refractivity contribution in [1.29, 1.82) is 0 Å². The van der Waals surface area contributed by atoms with Crippen molar-refractivity contribution in [3.63, 3.8) is 0 Å². The quantitative estimate of drug-likeness (QED) is 0.178. The van der Waals surface area contributed by atoms with Crippen LogP contribution < -0.4 is 26.8 Å². The van der Waals surface area contributed by atoms with E-state index in [1.165, 1.54) is 11.5 Å². The van der Waals surface area contributed by atoms with Crippen molar-refractivity contribution >= 4 is 11.6 Å². The number of carbonyl (C=O) groups is 1. The van der Waals surface area contributed by atoms with Gasteiger partial charge in [-0.2, -0.15) is 5.53 Å². The Kier molecular flexibility index (Phi) is 8.36. The van der Waals surface area contributed by atoms with Gasteiger partial charge in [-0.1, -0.05) is 23.4 Å². The van der Waals surface area contributed by atoms with Crippen LogP contribution in [0.1, 0.15) is 35.6 Å². The number of carbonyl (C=O) groups excluding carboxylic acids is 1. The van der Waals surface area contributed by atoms with E-state index in [4.69, 9.17) is 10.7 Å². The average Bonchev–Trinajstić information content (AvgIpc) is 3.29. The highest BCUT2D eigenvalue weighted by Crippen LogP contribution is 2.17. The molecule has 2 aromatic carbocycles. The molecule has 0 fully saturated rings. The highest BCUT2D eigenvalue weighted by atomic mass is 16.7. The van der Waals surface area contributed by atoms with Crippen LogP contribution in [0.2, 0.25) is 0 Å². The fourth-order valence-corrected chi connectivity index (χ4v) is 3.50. The summed E-state index contributed by atoms with van der Waals surface area (Å²) in [6, 6.07) is 16.5. The van der Waals surface area contributed by atoms with E-state index in [-0.39, 0.29) is 11.9 Å². The number of benzene rings is 2. The van der Waals surface area contributed by atoms with Gasteiger partial charge in [-0.05, 0) is 55.8 Å². The average molecular weight is 503 g/mol. The van der Waals surface area contributed by atoms with Crippen molar-refractivity contribution < 1.29 is 9.63 Å². The molecular weight excluding hydrogens is 472 g/mol. The summed E-state index contributed by atoms with van der Waals surface area (Å²) in [6.07, 6.45) is 3.14. The largest absolute Gasteiger partial charge is 0.390 e. The number of rotatable bonds is 11. The summed E-state index contributed by atoms with van der Waals surface area (Å²) in [6.45, 7) is 4.66. The summed E-state index contributed by atoms with van der Waals surface area (Å²) in [5.41, 5.74) is 5.41. The summed E-state index contributed by atoms with van der Waals surface area (Å²) in [5.74, 6) is 7.30. The van der Waals surface area contributed by atoms with E-state index in [0.29, 0.717) is 35.9 Å². The highest BCUT2D eigenvalue weighted by Gasteiger charge is 2.13. The standard InChI is InChI=1S/C25H30N10O2/c1-17(2)35(33-26)37-21-9-4-6-18(12-21)14-29-25(36)19-7-5-8-20(13-19)28-15-23-31-32-24(34(23)3)22-10-11-27-16-30-22/h4-13,16-17,28,33H,14-15,26H2,1-3H3,(H,29,36). The zero-order valence-electron chi connectivity index (χ0n) is 20.9. The molecule has 12 heteroatoms. The first-order chi connectivity index (χ1) is 17.9. The van der Waals surface area contributed by atoms with Crippen molar-refractivity contribution in [2.45, 2.75) is 33.0 Å². The van der Waals surface area contributed by atoms with Gasteiger partial charge in [0, 0.05) is 31.0 Å². The Morgan fingerprint density at radius 2 is 1.95 bits per heavy atom. The second kappa shape index (κ2) is 12.0. The van der Waals surface area contributed by atoms with Crippen LogP contribution in [-0.2, 0) is 20.1 Å². The molecule has 1 amide bonds. The Labute approximate surface area is 214 Å². The number of amides is 1. The molecule has 12 nitrogen and oxygen atoms in total. The molecule has 0 spiro atoms. The molecule has 2 heterocycles. The third-order valence-electron chi connectivity index (χ3n) is 5.50. The summed E-state index contributed by atoms with van der Waals surface area (Å²) in [4.78, 5) is 26.7. The summed E-state index contributed by atoms with van der Waals surface area (Å²) in [5, 5.41) is 16.2. The van der Waals surface area contributed by atoms with Crippen LogP contribution in [0, 0.1) is 0 Å². The van der Waals surface area contributed by atoms with Crippen molar-refractivity contribution in [1.82, 2.24) is 40.8 Å². The Morgan fingerprint density at radius 1 is 1.11 bits per heavy atom. The minimum atomic E-state index is -0.188. The van der Waals surface area contributed by atoms with Gasteiger partial charge in [0.25, 0.3) is 5.91 Å². The molecule has 0 saturated carbocycles. The predicted molar refractivity (Wildman–Crippen MR) is 138 cm³/mol. The van der Waals surface area contributed by atoms with E-state index >= 15 is 0 Å². The van der Waals surface area contributed by atoms with Crippen molar-refractivity contribution in [3.8, 4) is 17.3 Å². The summed E-state index contributed by atoms with van der Waals surface area (Å²) in [7, 11) is 1.88. The number of anilines is 1. The van der Waals surface area contributed by atoms with Gasteiger partial charge in [-0.3, -0.25) is 10.6 Å². The van der Waals surface area contributed by atoms with Crippen molar-refractivity contribution in [3.05, 3.63) is 84.1 Å². The normalized spacial score (nSPS) is 11.1. The molecule has 0 bridgehead atoms. The number of nitrogens with one attached hydrogen (secondary N) is 3. The number of aromatic nitrogens is 5. The third kappa shape index (κ3) is 6.64. The first kappa shape index (κ1) is 25.7. The maximum atomic E-state index is 12.8. The van der Waals surface area contributed by atoms with Crippen molar-refractivity contribution in [2.75, 3.05) is 5.32 Å².